The zero-order valence-corrected chi connectivity index (χ0v) is 8.92. The van der Waals surface area contributed by atoms with Crippen LogP contribution >= 0.6 is 0 Å². The second-order valence-corrected chi connectivity index (χ2v) is 3.97. The number of amides is 1. The first-order valence-corrected chi connectivity index (χ1v) is 5.38. The van der Waals surface area contributed by atoms with Crippen molar-refractivity contribution in [2.24, 2.45) is 0 Å². The Labute approximate surface area is 89.7 Å². The van der Waals surface area contributed by atoms with Crippen molar-refractivity contribution in [3.8, 4) is 0 Å². The molecule has 1 aliphatic rings. The van der Waals surface area contributed by atoms with E-state index in [1.165, 1.54) is 11.1 Å². The van der Waals surface area contributed by atoms with Gasteiger partial charge in [-0.15, -0.1) is 0 Å². The highest BCUT2D eigenvalue weighted by atomic mass is 16.1. The van der Waals surface area contributed by atoms with Crippen molar-refractivity contribution in [2.75, 3.05) is 5.73 Å². The van der Waals surface area contributed by atoms with E-state index in [4.69, 9.17) is 5.73 Å². The first-order chi connectivity index (χ1) is 7.20. The largest absolute Gasteiger partial charge is 0.399 e. The van der Waals surface area contributed by atoms with Crippen LogP contribution in [0.4, 0.5) is 5.69 Å². The number of nitrogens with two attached hydrogens (primary N) is 1. The van der Waals surface area contributed by atoms with Gasteiger partial charge in [0.1, 0.15) is 0 Å². The highest BCUT2D eigenvalue weighted by Gasteiger charge is 2.23. The van der Waals surface area contributed by atoms with Crippen molar-refractivity contribution in [3.63, 3.8) is 0 Å². The lowest BCUT2D eigenvalue weighted by molar-refractivity contribution is -0.121. The smallest absolute Gasteiger partial charge is 0.220 e. The minimum Gasteiger partial charge on any atom is -0.399 e. The Morgan fingerprint density at radius 2 is 2.40 bits per heavy atom. The Morgan fingerprint density at radius 1 is 1.60 bits per heavy atom. The van der Waals surface area contributed by atoms with Crippen LogP contribution in [0, 0.1) is 0 Å². The maximum absolute atomic E-state index is 11.3. The molecule has 3 N–H and O–H groups in total. The molecule has 0 bridgehead atoms. The van der Waals surface area contributed by atoms with Gasteiger partial charge in [-0.25, -0.2) is 0 Å². The summed E-state index contributed by atoms with van der Waals surface area (Å²) in [6.45, 7) is 1.87. The third-order valence-corrected chi connectivity index (χ3v) is 2.90. The Hall–Kier alpha value is -1.51. The normalized spacial score (nSPS) is 18.6. The van der Waals surface area contributed by atoms with Gasteiger partial charge < -0.3 is 11.1 Å². The van der Waals surface area contributed by atoms with Gasteiger partial charge in [0.05, 0.1) is 6.04 Å². The number of anilines is 1. The lowest BCUT2D eigenvalue weighted by Gasteiger charge is -2.13. The number of nitrogen functional groups attached to an aromatic ring is 1. The number of carbonyl (C=O) groups excluding carboxylic acids is 1. The predicted molar refractivity (Wildman–Crippen MR) is 60.4 cm³/mol. The van der Waals surface area contributed by atoms with Gasteiger partial charge in [0.15, 0.2) is 0 Å². The number of fused-ring (bicyclic) bond motifs is 1. The van der Waals surface area contributed by atoms with Gasteiger partial charge in [-0.3, -0.25) is 4.79 Å². The van der Waals surface area contributed by atoms with Crippen LogP contribution in [0.2, 0.25) is 0 Å². The molecule has 3 nitrogen and oxygen atoms in total. The summed E-state index contributed by atoms with van der Waals surface area (Å²) in [5.41, 5.74) is 9.02. The minimum atomic E-state index is 0.115. The third-order valence-electron chi connectivity index (χ3n) is 2.90. The topological polar surface area (TPSA) is 55.1 Å². The van der Waals surface area contributed by atoms with Gasteiger partial charge in [-0.2, -0.15) is 0 Å². The van der Waals surface area contributed by atoms with Crippen LogP contribution in [0.15, 0.2) is 18.2 Å². The standard InChI is InChI=1S/C12H16N2O/c1-2-12(15)14-11-6-3-8-7-9(13)4-5-10(8)11/h4-5,7,11H,2-3,6,13H2,1H3,(H,14,15). The number of rotatable bonds is 2. The molecule has 0 aliphatic heterocycles. The highest BCUT2D eigenvalue weighted by molar-refractivity contribution is 5.76. The molecule has 1 unspecified atom stereocenters. The van der Waals surface area contributed by atoms with Crippen molar-refractivity contribution in [1.82, 2.24) is 5.32 Å². The van der Waals surface area contributed by atoms with Crippen LogP contribution in [0.5, 0.6) is 0 Å². The molecule has 0 saturated carbocycles. The van der Waals surface area contributed by atoms with Gasteiger partial charge in [-0.1, -0.05) is 13.0 Å². The molecule has 1 aromatic rings. The van der Waals surface area contributed by atoms with Crippen molar-refractivity contribution in [3.05, 3.63) is 29.3 Å². The molecule has 1 aliphatic carbocycles. The van der Waals surface area contributed by atoms with E-state index in [0.29, 0.717) is 6.42 Å². The monoisotopic (exact) mass is 204 g/mol. The molecular formula is C12H16N2O. The number of carbonyl (C=O) groups is 1. The van der Waals surface area contributed by atoms with E-state index in [9.17, 15) is 4.79 Å². The van der Waals surface area contributed by atoms with Crippen LogP contribution in [-0.4, -0.2) is 5.91 Å². The molecule has 1 amide bonds. The third kappa shape index (κ3) is 1.96. The quantitative estimate of drug-likeness (QED) is 0.721. The summed E-state index contributed by atoms with van der Waals surface area (Å²) in [7, 11) is 0. The average Bonchev–Trinajstić information content (AvgIpc) is 2.60. The van der Waals surface area contributed by atoms with E-state index in [2.05, 4.69) is 5.32 Å². The summed E-state index contributed by atoms with van der Waals surface area (Å²) in [5.74, 6) is 0.115. The number of benzene rings is 1. The summed E-state index contributed by atoms with van der Waals surface area (Å²) >= 11 is 0. The second-order valence-electron chi connectivity index (χ2n) is 3.97. The highest BCUT2D eigenvalue weighted by Crippen LogP contribution is 2.32. The summed E-state index contributed by atoms with van der Waals surface area (Å²) in [4.78, 5) is 11.3. The molecule has 0 radical (unpaired) electrons. The molecule has 80 valence electrons. The van der Waals surface area contributed by atoms with Crippen LogP contribution in [0.3, 0.4) is 0 Å². The predicted octanol–water partition coefficient (Wildman–Crippen LogP) is 1.78. The molecule has 0 fully saturated rings. The number of hydrogen-bond donors (Lipinski definition) is 2. The Morgan fingerprint density at radius 3 is 3.13 bits per heavy atom. The van der Waals surface area contributed by atoms with Crippen molar-refractivity contribution >= 4 is 11.6 Å². The first kappa shape index (κ1) is 10.0. The van der Waals surface area contributed by atoms with E-state index in [1.807, 2.05) is 25.1 Å². The molecule has 0 spiro atoms. The minimum absolute atomic E-state index is 0.115. The van der Waals surface area contributed by atoms with Crippen LogP contribution in [-0.2, 0) is 11.2 Å². The van der Waals surface area contributed by atoms with Gasteiger partial charge in [-0.05, 0) is 36.1 Å². The summed E-state index contributed by atoms with van der Waals surface area (Å²) in [5, 5.41) is 3.02. The number of aryl methyl sites for hydroxylation is 1. The zero-order valence-electron chi connectivity index (χ0n) is 8.92. The van der Waals surface area contributed by atoms with Gasteiger partial charge in [0.25, 0.3) is 0 Å². The van der Waals surface area contributed by atoms with E-state index >= 15 is 0 Å². The number of hydrogen-bond acceptors (Lipinski definition) is 2. The van der Waals surface area contributed by atoms with E-state index in [-0.39, 0.29) is 11.9 Å². The van der Waals surface area contributed by atoms with Crippen molar-refractivity contribution in [1.29, 1.82) is 0 Å². The van der Waals surface area contributed by atoms with E-state index in [1.54, 1.807) is 0 Å². The average molecular weight is 204 g/mol. The SMILES string of the molecule is CCC(=O)NC1CCc2cc(N)ccc21. The summed E-state index contributed by atoms with van der Waals surface area (Å²) < 4.78 is 0. The van der Waals surface area contributed by atoms with Gasteiger partial charge in [0.2, 0.25) is 5.91 Å². The fourth-order valence-corrected chi connectivity index (χ4v) is 2.08. The molecule has 1 aromatic carbocycles. The fraction of sp³-hybridized carbons (Fsp3) is 0.417. The second kappa shape index (κ2) is 3.93. The summed E-state index contributed by atoms with van der Waals surface area (Å²) in [6, 6.07) is 6.12. The molecule has 2 rings (SSSR count). The lowest BCUT2D eigenvalue weighted by atomic mass is 10.1. The molecule has 0 aromatic heterocycles. The number of nitrogens with one attached hydrogen (secondary N) is 1. The van der Waals surface area contributed by atoms with Gasteiger partial charge in [0, 0.05) is 12.1 Å². The summed E-state index contributed by atoms with van der Waals surface area (Å²) in [6.07, 6.45) is 2.54. The maximum Gasteiger partial charge on any atom is 0.220 e. The van der Waals surface area contributed by atoms with Gasteiger partial charge >= 0.3 is 0 Å². The van der Waals surface area contributed by atoms with Crippen LogP contribution < -0.4 is 11.1 Å². The molecule has 0 heterocycles. The molecule has 15 heavy (non-hydrogen) atoms. The molecule has 3 heteroatoms. The van der Waals surface area contributed by atoms with Crippen molar-refractivity contribution < 1.29 is 4.79 Å². The Bertz CT molecular complexity index is 387. The maximum atomic E-state index is 11.3. The zero-order chi connectivity index (χ0) is 10.8. The Balaban J connectivity index is 2.18. The van der Waals surface area contributed by atoms with Crippen molar-refractivity contribution in [2.45, 2.75) is 32.2 Å². The van der Waals surface area contributed by atoms with E-state index in [0.717, 1.165) is 18.5 Å². The first-order valence-electron chi connectivity index (χ1n) is 5.38. The Kier molecular flexibility index (Phi) is 2.62. The lowest BCUT2D eigenvalue weighted by Crippen LogP contribution is -2.26. The fourth-order valence-electron chi connectivity index (χ4n) is 2.08. The van der Waals surface area contributed by atoms with Crippen LogP contribution in [0.1, 0.15) is 36.9 Å². The molecule has 0 saturated heterocycles. The van der Waals surface area contributed by atoms with Crippen LogP contribution in [0.25, 0.3) is 0 Å². The molecular weight excluding hydrogens is 188 g/mol. The molecule has 1 atom stereocenters. The van der Waals surface area contributed by atoms with E-state index < -0.39 is 0 Å².